The van der Waals surface area contributed by atoms with Crippen LogP contribution in [0.5, 0.6) is 0 Å². The van der Waals surface area contributed by atoms with E-state index in [2.05, 4.69) is 11.2 Å². The van der Waals surface area contributed by atoms with E-state index in [1.54, 1.807) is 18.9 Å². The fraction of sp³-hybridized carbons (Fsp3) is 0.667. The van der Waals surface area contributed by atoms with E-state index in [1.807, 2.05) is 0 Å². The van der Waals surface area contributed by atoms with Gasteiger partial charge in [0.2, 0.25) is 5.91 Å². The van der Waals surface area contributed by atoms with E-state index >= 15 is 0 Å². The minimum absolute atomic E-state index is 0.124. The molecule has 0 aromatic carbocycles. The molecular weight excluding hydrogens is 168 g/mol. The minimum Gasteiger partial charge on any atom is -0.392 e. The maximum Gasteiger partial charge on any atom is 0.234 e. The van der Waals surface area contributed by atoms with Crippen LogP contribution in [0.25, 0.3) is 0 Å². The predicted octanol–water partition coefficient (Wildman–Crippen LogP) is -0.952. The molecule has 0 aliphatic heterocycles. The molecule has 0 bridgehead atoms. The van der Waals surface area contributed by atoms with Crippen molar-refractivity contribution < 1.29 is 9.90 Å². The Morgan fingerprint density at radius 3 is 2.85 bits per heavy atom. The zero-order valence-corrected chi connectivity index (χ0v) is 8.08. The van der Waals surface area contributed by atoms with Crippen molar-refractivity contribution >= 4 is 5.91 Å². The third kappa shape index (κ3) is 7.32. The van der Waals surface area contributed by atoms with Crippen molar-refractivity contribution in [3.8, 4) is 12.3 Å². The van der Waals surface area contributed by atoms with Crippen LogP contribution in [0, 0.1) is 12.3 Å². The molecule has 4 heteroatoms. The Labute approximate surface area is 78.9 Å². The van der Waals surface area contributed by atoms with Crippen molar-refractivity contribution in [2.24, 2.45) is 0 Å². The van der Waals surface area contributed by atoms with Crippen molar-refractivity contribution in [2.75, 3.05) is 26.7 Å². The number of rotatable bonds is 5. The number of aliphatic hydroxyl groups excluding tert-OH is 1. The zero-order valence-electron chi connectivity index (χ0n) is 8.08. The largest absolute Gasteiger partial charge is 0.392 e. The third-order valence-electron chi connectivity index (χ3n) is 1.38. The first-order valence-electron chi connectivity index (χ1n) is 4.13. The summed E-state index contributed by atoms with van der Waals surface area (Å²) in [6.45, 7) is 2.66. The van der Waals surface area contributed by atoms with Crippen LogP contribution in [0.15, 0.2) is 0 Å². The van der Waals surface area contributed by atoms with Gasteiger partial charge in [0.15, 0.2) is 0 Å². The van der Waals surface area contributed by atoms with Crippen molar-refractivity contribution in [3.63, 3.8) is 0 Å². The van der Waals surface area contributed by atoms with E-state index in [9.17, 15) is 4.79 Å². The number of likely N-dealkylation sites (N-methyl/N-ethyl adjacent to an activating group) is 1. The van der Waals surface area contributed by atoms with Crippen LogP contribution in [0.3, 0.4) is 0 Å². The summed E-state index contributed by atoms with van der Waals surface area (Å²) in [5, 5.41) is 11.5. The molecule has 74 valence electrons. The van der Waals surface area contributed by atoms with Crippen LogP contribution in [-0.4, -0.2) is 48.7 Å². The smallest absolute Gasteiger partial charge is 0.234 e. The lowest BCUT2D eigenvalue weighted by atomic mass is 10.3. The van der Waals surface area contributed by atoms with Crippen LogP contribution < -0.4 is 5.32 Å². The number of terminal acetylenes is 1. The van der Waals surface area contributed by atoms with Gasteiger partial charge in [-0.2, -0.15) is 0 Å². The van der Waals surface area contributed by atoms with E-state index in [4.69, 9.17) is 11.5 Å². The van der Waals surface area contributed by atoms with Crippen molar-refractivity contribution in [2.45, 2.75) is 13.0 Å². The Morgan fingerprint density at radius 1 is 1.77 bits per heavy atom. The summed E-state index contributed by atoms with van der Waals surface area (Å²) >= 11 is 0. The molecular formula is C9H16N2O2. The summed E-state index contributed by atoms with van der Waals surface area (Å²) in [7, 11) is 1.77. The highest BCUT2D eigenvalue weighted by Gasteiger charge is 2.07. The van der Waals surface area contributed by atoms with E-state index in [0.717, 1.165) is 0 Å². The van der Waals surface area contributed by atoms with E-state index < -0.39 is 6.10 Å². The maximum absolute atomic E-state index is 11.1. The SMILES string of the molecule is C#CCNC(=O)CN(C)CC(C)O. The van der Waals surface area contributed by atoms with Gasteiger partial charge in [-0.1, -0.05) is 5.92 Å². The average molecular weight is 184 g/mol. The van der Waals surface area contributed by atoms with Gasteiger partial charge in [0.05, 0.1) is 19.2 Å². The number of hydrogen-bond donors (Lipinski definition) is 2. The van der Waals surface area contributed by atoms with Crippen LogP contribution in [-0.2, 0) is 4.79 Å². The van der Waals surface area contributed by atoms with Gasteiger partial charge in [-0.05, 0) is 14.0 Å². The molecule has 0 spiro atoms. The van der Waals surface area contributed by atoms with Crippen LogP contribution in [0.4, 0.5) is 0 Å². The quantitative estimate of drug-likeness (QED) is 0.542. The molecule has 0 saturated heterocycles. The van der Waals surface area contributed by atoms with Crippen LogP contribution in [0.1, 0.15) is 6.92 Å². The van der Waals surface area contributed by atoms with Gasteiger partial charge in [0.25, 0.3) is 0 Å². The molecule has 0 aromatic rings. The summed E-state index contributed by atoms with van der Waals surface area (Å²) in [4.78, 5) is 12.8. The molecule has 1 unspecified atom stereocenters. The Hall–Kier alpha value is -1.05. The van der Waals surface area contributed by atoms with Gasteiger partial charge in [-0.3, -0.25) is 9.69 Å². The number of nitrogens with zero attached hydrogens (tertiary/aromatic N) is 1. The fourth-order valence-electron chi connectivity index (χ4n) is 0.966. The van der Waals surface area contributed by atoms with Gasteiger partial charge in [0.1, 0.15) is 0 Å². The lowest BCUT2D eigenvalue weighted by molar-refractivity contribution is -0.121. The van der Waals surface area contributed by atoms with Gasteiger partial charge in [0, 0.05) is 6.54 Å². The molecule has 0 aliphatic carbocycles. The molecule has 2 N–H and O–H groups in total. The second-order valence-electron chi connectivity index (χ2n) is 3.03. The standard InChI is InChI=1S/C9H16N2O2/c1-4-5-10-9(13)7-11(3)6-8(2)12/h1,8,12H,5-7H2,2-3H3,(H,10,13). The van der Waals surface area contributed by atoms with Gasteiger partial charge in [-0.15, -0.1) is 6.42 Å². The molecule has 0 heterocycles. The lowest BCUT2D eigenvalue weighted by Gasteiger charge is -2.17. The summed E-state index contributed by atoms with van der Waals surface area (Å²) in [6, 6.07) is 0. The number of carbonyl (C=O) groups excluding carboxylic acids is 1. The van der Waals surface area contributed by atoms with Crippen LogP contribution >= 0.6 is 0 Å². The van der Waals surface area contributed by atoms with Crippen molar-refractivity contribution in [3.05, 3.63) is 0 Å². The highest BCUT2D eigenvalue weighted by Crippen LogP contribution is 1.86. The lowest BCUT2D eigenvalue weighted by Crippen LogP contribution is -2.38. The second kappa shape index (κ2) is 6.46. The van der Waals surface area contributed by atoms with Gasteiger partial charge < -0.3 is 10.4 Å². The molecule has 0 fully saturated rings. The molecule has 0 aliphatic rings. The summed E-state index contributed by atoms with van der Waals surface area (Å²) < 4.78 is 0. The Balaban J connectivity index is 3.60. The molecule has 0 radical (unpaired) electrons. The fourth-order valence-corrected chi connectivity index (χ4v) is 0.966. The Bertz CT molecular complexity index is 196. The molecule has 4 nitrogen and oxygen atoms in total. The minimum atomic E-state index is -0.426. The second-order valence-corrected chi connectivity index (χ2v) is 3.03. The number of aliphatic hydroxyl groups is 1. The number of hydrogen-bond acceptors (Lipinski definition) is 3. The van der Waals surface area contributed by atoms with Crippen LogP contribution in [0.2, 0.25) is 0 Å². The first kappa shape index (κ1) is 11.9. The average Bonchev–Trinajstić information content (AvgIpc) is 1.98. The summed E-state index contributed by atoms with van der Waals surface area (Å²) in [6.07, 6.45) is 4.54. The number of nitrogens with one attached hydrogen (secondary N) is 1. The first-order chi connectivity index (χ1) is 6.06. The Kier molecular flexibility index (Phi) is 5.94. The van der Waals surface area contributed by atoms with Crippen molar-refractivity contribution in [1.82, 2.24) is 10.2 Å². The van der Waals surface area contributed by atoms with Gasteiger partial charge >= 0.3 is 0 Å². The van der Waals surface area contributed by atoms with E-state index in [1.165, 1.54) is 0 Å². The number of carbonyl (C=O) groups is 1. The van der Waals surface area contributed by atoms with Crippen molar-refractivity contribution in [1.29, 1.82) is 0 Å². The van der Waals surface area contributed by atoms with E-state index in [0.29, 0.717) is 6.54 Å². The summed E-state index contributed by atoms with van der Waals surface area (Å²) in [5.74, 6) is 2.19. The molecule has 0 rings (SSSR count). The van der Waals surface area contributed by atoms with E-state index in [-0.39, 0.29) is 19.0 Å². The normalized spacial score (nSPS) is 12.2. The molecule has 1 atom stereocenters. The molecule has 0 aromatic heterocycles. The third-order valence-corrected chi connectivity index (χ3v) is 1.38. The van der Waals surface area contributed by atoms with Gasteiger partial charge in [-0.25, -0.2) is 0 Å². The molecule has 0 saturated carbocycles. The zero-order chi connectivity index (χ0) is 10.3. The first-order valence-corrected chi connectivity index (χ1v) is 4.13. The monoisotopic (exact) mass is 184 g/mol. The Morgan fingerprint density at radius 2 is 2.38 bits per heavy atom. The number of amides is 1. The summed E-state index contributed by atoms with van der Waals surface area (Å²) in [5.41, 5.74) is 0. The predicted molar refractivity (Wildman–Crippen MR) is 51.0 cm³/mol. The molecule has 13 heavy (non-hydrogen) atoms. The maximum atomic E-state index is 11.1. The highest BCUT2D eigenvalue weighted by atomic mass is 16.3. The highest BCUT2D eigenvalue weighted by molar-refractivity contribution is 5.78. The topological polar surface area (TPSA) is 52.6 Å². The molecule has 1 amide bonds.